The molecule has 0 aromatic carbocycles. The summed E-state index contributed by atoms with van der Waals surface area (Å²) in [5, 5.41) is 18.4. The number of ether oxygens (including phenoxy) is 2. The number of hydrogen-bond donors (Lipinski definition) is 2. The quantitative estimate of drug-likeness (QED) is 0.150. The summed E-state index contributed by atoms with van der Waals surface area (Å²) >= 11 is 0. The Labute approximate surface area is 189 Å². The van der Waals surface area contributed by atoms with Crippen LogP contribution in [-0.2, 0) is 19.1 Å². The first-order valence-corrected chi connectivity index (χ1v) is 12.8. The maximum Gasteiger partial charge on any atom is 0.344 e. The average Bonchev–Trinajstić information content (AvgIpc) is 3.05. The van der Waals surface area contributed by atoms with Crippen LogP contribution < -0.4 is 0 Å². The lowest BCUT2D eigenvalue weighted by molar-refractivity contribution is -0.153. The fraction of sp³-hybridized carbons (Fsp3) is 0.920. The van der Waals surface area contributed by atoms with Crippen LogP contribution in [0.3, 0.4) is 0 Å². The first kappa shape index (κ1) is 28.1. The summed E-state index contributed by atoms with van der Waals surface area (Å²) in [5.41, 5.74) is 0. The Morgan fingerprint density at radius 2 is 1.19 bits per heavy atom. The third kappa shape index (κ3) is 12.6. The van der Waals surface area contributed by atoms with Gasteiger partial charge in [-0.25, -0.2) is 4.79 Å². The van der Waals surface area contributed by atoms with Crippen LogP contribution >= 0.6 is 0 Å². The molecule has 0 amide bonds. The third-order valence-electron chi connectivity index (χ3n) is 6.06. The molecule has 2 N–H and O–H groups in total. The highest BCUT2D eigenvalue weighted by atomic mass is 16.6. The molecule has 6 nitrogen and oxygen atoms in total. The Morgan fingerprint density at radius 1 is 0.774 bits per heavy atom. The molecular formula is C25H46O6. The van der Waals surface area contributed by atoms with Gasteiger partial charge in [0.2, 0.25) is 11.9 Å². The van der Waals surface area contributed by atoms with E-state index in [9.17, 15) is 14.7 Å². The summed E-state index contributed by atoms with van der Waals surface area (Å²) in [6.07, 6.45) is 18.0. The predicted molar refractivity (Wildman–Crippen MR) is 122 cm³/mol. The highest BCUT2D eigenvalue weighted by Crippen LogP contribution is 2.18. The Kier molecular flexibility index (Phi) is 16.8. The number of aliphatic hydroxyl groups excluding tert-OH is 2. The molecule has 1 aliphatic heterocycles. The van der Waals surface area contributed by atoms with Crippen LogP contribution in [0.25, 0.3) is 0 Å². The molecule has 0 aliphatic carbocycles. The van der Waals surface area contributed by atoms with E-state index in [4.69, 9.17) is 14.6 Å². The standard InChI is InChI=1S/C25H46O6/c1-2-3-4-5-6-7-8-9-10-11-12-13-14-15-16-17-18-19-30-24-22(28)23(21(27)20-26)31-25(24)29/h21,23-24,26-27H,2-20H2,1H3/t21-,23+,24?/m0/s1. The zero-order chi connectivity index (χ0) is 22.7. The molecule has 1 aliphatic rings. The van der Waals surface area contributed by atoms with Crippen molar-refractivity contribution in [2.45, 2.75) is 134 Å². The summed E-state index contributed by atoms with van der Waals surface area (Å²) in [6, 6.07) is 0. The van der Waals surface area contributed by atoms with E-state index in [1.54, 1.807) is 0 Å². The molecule has 6 heteroatoms. The van der Waals surface area contributed by atoms with Crippen LogP contribution in [0.15, 0.2) is 0 Å². The molecule has 0 aromatic heterocycles. The Morgan fingerprint density at radius 3 is 1.61 bits per heavy atom. The van der Waals surface area contributed by atoms with Crippen LogP contribution in [0, 0.1) is 0 Å². The molecule has 31 heavy (non-hydrogen) atoms. The van der Waals surface area contributed by atoms with Crippen LogP contribution in [0.1, 0.15) is 116 Å². The number of hydrogen-bond acceptors (Lipinski definition) is 6. The Bertz CT molecular complexity index is 467. The van der Waals surface area contributed by atoms with E-state index in [0.29, 0.717) is 6.61 Å². The molecule has 1 rings (SSSR count). The lowest BCUT2D eigenvalue weighted by Gasteiger charge is -2.12. The summed E-state index contributed by atoms with van der Waals surface area (Å²) < 4.78 is 10.2. The van der Waals surface area contributed by atoms with E-state index in [-0.39, 0.29) is 0 Å². The van der Waals surface area contributed by atoms with E-state index < -0.39 is 36.7 Å². The van der Waals surface area contributed by atoms with E-state index in [2.05, 4.69) is 6.92 Å². The maximum atomic E-state index is 12.0. The number of rotatable bonds is 21. The molecule has 1 saturated heterocycles. The van der Waals surface area contributed by atoms with Gasteiger partial charge in [0.1, 0.15) is 6.10 Å². The lowest BCUT2D eigenvalue weighted by atomic mass is 10.0. The van der Waals surface area contributed by atoms with Gasteiger partial charge >= 0.3 is 5.97 Å². The Hall–Kier alpha value is -0.980. The summed E-state index contributed by atoms with van der Waals surface area (Å²) in [6.45, 7) is 1.96. The maximum absolute atomic E-state index is 12.0. The van der Waals surface area contributed by atoms with Crippen LogP contribution in [0.2, 0.25) is 0 Å². The SMILES string of the molecule is CCCCCCCCCCCCCCCCCCCOC1C(=O)O[C@H]([C@@H](O)CO)C1=O. The second-order valence-corrected chi connectivity index (χ2v) is 8.92. The largest absolute Gasteiger partial charge is 0.449 e. The fourth-order valence-electron chi connectivity index (χ4n) is 4.05. The highest BCUT2D eigenvalue weighted by Gasteiger charge is 2.47. The number of ketones is 1. The number of carbonyl (C=O) groups excluding carboxylic acids is 2. The van der Waals surface area contributed by atoms with Crippen molar-refractivity contribution in [3.05, 3.63) is 0 Å². The smallest absolute Gasteiger partial charge is 0.344 e. The number of cyclic esters (lactones) is 1. The zero-order valence-corrected chi connectivity index (χ0v) is 19.7. The van der Waals surface area contributed by atoms with E-state index in [1.807, 2.05) is 0 Å². The molecule has 0 spiro atoms. The minimum Gasteiger partial charge on any atom is -0.449 e. The van der Waals surface area contributed by atoms with Crippen molar-refractivity contribution in [3.8, 4) is 0 Å². The number of esters is 1. The number of carbonyl (C=O) groups is 2. The van der Waals surface area contributed by atoms with Crippen molar-refractivity contribution >= 4 is 11.8 Å². The number of unbranched alkanes of at least 4 members (excludes halogenated alkanes) is 16. The normalized spacial score (nSPS) is 19.7. The fourth-order valence-corrected chi connectivity index (χ4v) is 4.05. The average molecular weight is 443 g/mol. The van der Waals surface area contributed by atoms with Crippen molar-refractivity contribution in [2.24, 2.45) is 0 Å². The van der Waals surface area contributed by atoms with Gasteiger partial charge in [0, 0.05) is 6.61 Å². The van der Waals surface area contributed by atoms with Crippen molar-refractivity contribution in [1.82, 2.24) is 0 Å². The van der Waals surface area contributed by atoms with Gasteiger partial charge in [-0.2, -0.15) is 0 Å². The van der Waals surface area contributed by atoms with Gasteiger partial charge in [-0.1, -0.05) is 110 Å². The molecular weight excluding hydrogens is 396 g/mol. The lowest BCUT2D eigenvalue weighted by Crippen LogP contribution is -2.37. The minimum absolute atomic E-state index is 0.325. The molecule has 0 radical (unpaired) electrons. The third-order valence-corrected chi connectivity index (χ3v) is 6.06. The van der Waals surface area contributed by atoms with Gasteiger partial charge in [-0.05, 0) is 6.42 Å². The van der Waals surface area contributed by atoms with Gasteiger partial charge in [0.25, 0.3) is 0 Å². The van der Waals surface area contributed by atoms with Crippen molar-refractivity contribution in [1.29, 1.82) is 0 Å². The molecule has 1 unspecified atom stereocenters. The number of Topliss-reactive ketones (excluding diaryl/α,β-unsaturated/α-hetero) is 1. The molecule has 0 saturated carbocycles. The summed E-state index contributed by atoms with van der Waals surface area (Å²) in [7, 11) is 0. The molecule has 182 valence electrons. The molecule has 3 atom stereocenters. The second-order valence-electron chi connectivity index (χ2n) is 8.92. The Balaban J connectivity index is 1.84. The van der Waals surface area contributed by atoms with Gasteiger partial charge in [0.05, 0.1) is 6.61 Å². The zero-order valence-electron chi connectivity index (χ0n) is 19.7. The van der Waals surface area contributed by atoms with Crippen LogP contribution in [0.5, 0.6) is 0 Å². The topological polar surface area (TPSA) is 93.1 Å². The first-order valence-electron chi connectivity index (χ1n) is 12.8. The van der Waals surface area contributed by atoms with Crippen molar-refractivity contribution in [3.63, 3.8) is 0 Å². The molecule has 1 heterocycles. The first-order chi connectivity index (χ1) is 15.1. The van der Waals surface area contributed by atoms with Gasteiger partial charge < -0.3 is 19.7 Å². The van der Waals surface area contributed by atoms with Crippen LogP contribution in [0.4, 0.5) is 0 Å². The molecule has 1 fully saturated rings. The predicted octanol–water partition coefficient (Wildman–Crippen LogP) is 4.87. The molecule has 0 aromatic rings. The van der Waals surface area contributed by atoms with Crippen molar-refractivity contribution < 1.29 is 29.3 Å². The van der Waals surface area contributed by atoms with Gasteiger partial charge in [0.15, 0.2) is 6.10 Å². The van der Waals surface area contributed by atoms with Crippen LogP contribution in [-0.4, -0.2) is 53.5 Å². The number of aliphatic hydroxyl groups is 2. The van der Waals surface area contributed by atoms with E-state index >= 15 is 0 Å². The van der Waals surface area contributed by atoms with Gasteiger partial charge in [-0.15, -0.1) is 0 Å². The second kappa shape index (κ2) is 18.6. The summed E-state index contributed by atoms with van der Waals surface area (Å²) in [4.78, 5) is 23.7. The highest BCUT2D eigenvalue weighted by molar-refractivity contribution is 6.09. The van der Waals surface area contributed by atoms with Crippen molar-refractivity contribution in [2.75, 3.05) is 13.2 Å². The summed E-state index contributed by atoms with van der Waals surface area (Å²) in [5.74, 6) is -1.37. The molecule has 0 bridgehead atoms. The van der Waals surface area contributed by atoms with E-state index in [1.165, 1.54) is 89.9 Å². The monoisotopic (exact) mass is 442 g/mol. The van der Waals surface area contributed by atoms with Gasteiger partial charge in [-0.3, -0.25) is 4.79 Å². The van der Waals surface area contributed by atoms with E-state index in [0.717, 1.165) is 19.3 Å². The minimum atomic E-state index is -1.38.